The first-order chi connectivity index (χ1) is 13.6. The molecule has 0 aliphatic rings. The first-order valence-corrected chi connectivity index (χ1v) is 9.21. The molecule has 0 spiro atoms. The van der Waals surface area contributed by atoms with Crippen LogP contribution in [0.25, 0.3) is 0 Å². The Labute approximate surface area is 171 Å². The largest absolute Gasteiger partial charge is 0.493 e. The molecule has 144 valence electrons. The number of hydrogen-bond acceptors (Lipinski definition) is 5. The quantitative estimate of drug-likeness (QED) is 0.448. The van der Waals surface area contributed by atoms with Crippen LogP contribution in [0, 0.1) is 0 Å². The molecular formula is C20H19BrN4O3. The molecule has 1 N–H and O–H groups in total. The molecule has 0 saturated carbocycles. The second kappa shape index (κ2) is 9.18. The summed E-state index contributed by atoms with van der Waals surface area (Å²) >= 11 is 3.44. The van der Waals surface area contributed by atoms with Gasteiger partial charge in [-0.25, -0.2) is 5.43 Å². The van der Waals surface area contributed by atoms with Gasteiger partial charge in [0.25, 0.3) is 5.91 Å². The maximum atomic E-state index is 12.2. The number of aromatic nitrogens is 2. The molecule has 0 bridgehead atoms. The molecule has 1 heterocycles. The minimum atomic E-state index is -0.385. The molecule has 8 heteroatoms. The molecule has 28 heavy (non-hydrogen) atoms. The molecule has 7 nitrogen and oxygen atoms in total. The van der Waals surface area contributed by atoms with Crippen molar-refractivity contribution in [3.8, 4) is 11.5 Å². The summed E-state index contributed by atoms with van der Waals surface area (Å²) in [7, 11) is 3.13. The number of methoxy groups -OCH3 is 2. The number of nitrogens with zero attached hydrogens (tertiary/aromatic N) is 3. The van der Waals surface area contributed by atoms with E-state index in [-0.39, 0.29) is 5.91 Å². The number of nitrogens with one attached hydrogen (secondary N) is 1. The van der Waals surface area contributed by atoms with E-state index in [0.717, 1.165) is 15.6 Å². The van der Waals surface area contributed by atoms with Gasteiger partial charge in [-0.05, 0) is 47.5 Å². The Morgan fingerprint density at radius 2 is 2.00 bits per heavy atom. The normalized spacial score (nSPS) is 10.8. The Bertz CT molecular complexity index is 1000. The van der Waals surface area contributed by atoms with Crippen molar-refractivity contribution >= 4 is 28.1 Å². The van der Waals surface area contributed by atoms with Crippen LogP contribution in [0.2, 0.25) is 0 Å². The van der Waals surface area contributed by atoms with Gasteiger partial charge in [-0.2, -0.15) is 10.2 Å². The van der Waals surface area contributed by atoms with Gasteiger partial charge in [-0.15, -0.1) is 0 Å². The SMILES string of the molecule is COc1ccc(/C=N\NC(=O)c2ccn(Cc3cccc(Br)c3)n2)cc1OC. The van der Waals surface area contributed by atoms with Gasteiger partial charge in [0.1, 0.15) is 0 Å². The summed E-state index contributed by atoms with van der Waals surface area (Å²) in [5.74, 6) is 0.827. The molecule has 0 aliphatic heterocycles. The van der Waals surface area contributed by atoms with Gasteiger partial charge in [-0.1, -0.05) is 28.1 Å². The molecule has 3 aromatic rings. The van der Waals surface area contributed by atoms with Crippen molar-refractivity contribution in [2.75, 3.05) is 14.2 Å². The summed E-state index contributed by atoms with van der Waals surface area (Å²) in [6, 6.07) is 14.9. The van der Waals surface area contributed by atoms with Crippen molar-refractivity contribution in [1.82, 2.24) is 15.2 Å². The zero-order chi connectivity index (χ0) is 19.9. The number of benzene rings is 2. The van der Waals surface area contributed by atoms with Crippen LogP contribution in [-0.4, -0.2) is 36.1 Å². The lowest BCUT2D eigenvalue weighted by Gasteiger charge is -2.07. The summed E-state index contributed by atoms with van der Waals surface area (Å²) in [4.78, 5) is 12.2. The third-order valence-electron chi connectivity index (χ3n) is 3.89. The van der Waals surface area contributed by atoms with Crippen molar-refractivity contribution in [2.24, 2.45) is 5.10 Å². The van der Waals surface area contributed by atoms with Crippen LogP contribution in [0.15, 0.2) is 64.3 Å². The Morgan fingerprint density at radius 3 is 2.75 bits per heavy atom. The van der Waals surface area contributed by atoms with Crippen LogP contribution in [0.4, 0.5) is 0 Å². The summed E-state index contributed by atoms with van der Waals surface area (Å²) in [5.41, 5.74) is 4.61. The Hall–Kier alpha value is -3.13. The number of hydrogen-bond donors (Lipinski definition) is 1. The van der Waals surface area contributed by atoms with E-state index >= 15 is 0 Å². The zero-order valence-electron chi connectivity index (χ0n) is 15.4. The van der Waals surface area contributed by atoms with Crippen LogP contribution < -0.4 is 14.9 Å². The average Bonchev–Trinajstić information content (AvgIpc) is 3.16. The first kappa shape index (κ1) is 19.6. The van der Waals surface area contributed by atoms with Gasteiger partial charge < -0.3 is 9.47 Å². The van der Waals surface area contributed by atoms with Gasteiger partial charge in [0.2, 0.25) is 0 Å². The van der Waals surface area contributed by atoms with Gasteiger partial charge in [-0.3, -0.25) is 9.48 Å². The van der Waals surface area contributed by atoms with E-state index in [9.17, 15) is 4.79 Å². The molecule has 1 aromatic heterocycles. The summed E-state index contributed by atoms with van der Waals surface area (Å²) in [6.07, 6.45) is 3.28. The highest BCUT2D eigenvalue weighted by molar-refractivity contribution is 9.10. The Morgan fingerprint density at radius 1 is 1.18 bits per heavy atom. The smallest absolute Gasteiger partial charge is 0.291 e. The molecule has 0 aliphatic carbocycles. The van der Waals surface area contributed by atoms with Crippen molar-refractivity contribution < 1.29 is 14.3 Å². The van der Waals surface area contributed by atoms with E-state index in [1.165, 1.54) is 6.21 Å². The number of hydrazone groups is 1. The lowest BCUT2D eigenvalue weighted by Crippen LogP contribution is -2.18. The van der Waals surface area contributed by atoms with E-state index in [1.54, 1.807) is 43.3 Å². The molecule has 0 fully saturated rings. The van der Waals surface area contributed by atoms with Crippen molar-refractivity contribution in [1.29, 1.82) is 0 Å². The van der Waals surface area contributed by atoms with Crippen LogP contribution in [0.1, 0.15) is 21.6 Å². The molecule has 0 unspecified atom stereocenters. The maximum absolute atomic E-state index is 12.2. The topological polar surface area (TPSA) is 77.7 Å². The standard InChI is InChI=1S/C20H19BrN4O3/c1-27-18-7-6-14(11-19(18)28-2)12-22-23-20(26)17-8-9-25(24-17)13-15-4-3-5-16(21)10-15/h3-12H,13H2,1-2H3,(H,23,26)/b22-12-. The van der Waals surface area contributed by atoms with Crippen LogP contribution >= 0.6 is 15.9 Å². The predicted octanol–water partition coefficient (Wildman–Crippen LogP) is 3.48. The fourth-order valence-electron chi connectivity index (χ4n) is 2.55. The molecule has 0 atom stereocenters. The summed E-state index contributed by atoms with van der Waals surface area (Å²) < 4.78 is 13.1. The minimum Gasteiger partial charge on any atom is -0.493 e. The zero-order valence-corrected chi connectivity index (χ0v) is 17.0. The third kappa shape index (κ3) is 4.98. The fraction of sp³-hybridized carbons (Fsp3) is 0.150. The highest BCUT2D eigenvalue weighted by atomic mass is 79.9. The molecule has 3 rings (SSSR count). The number of ether oxygens (including phenoxy) is 2. The first-order valence-electron chi connectivity index (χ1n) is 8.42. The van der Waals surface area contributed by atoms with Crippen LogP contribution in [0.3, 0.4) is 0 Å². The van der Waals surface area contributed by atoms with Crippen molar-refractivity contribution in [2.45, 2.75) is 6.54 Å². The van der Waals surface area contributed by atoms with Crippen LogP contribution in [0.5, 0.6) is 11.5 Å². The lowest BCUT2D eigenvalue weighted by atomic mass is 10.2. The molecule has 1 amide bonds. The third-order valence-corrected chi connectivity index (χ3v) is 4.39. The van der Waals surface area contributed by atoms with Gasteiger partial charge >= 0.3 is 0 Å². The number of rotatable bonds is 7. The number of carbonyl (C=O) groups is 1. The Balaban J connectivity index is 1.61. The average molecular weight is 443 g/mol. The lowest BCUT2D eigenvalue weighted by molar-refractivity contribution is 0.0949. The Kier molecular flexibility index (Phi) is 6.44. The number of amides is 1. The van der Waals surface area contributed by atoms with E-state index in [2.05, 4.69) is 31.6 Å². The molecular weight excluding hydrogens is 424 g/mol. The molecule has 0 radical (unpaired) electrons. The van der Waals surface area contributed by atoms with Crippen LogP contribution in [-0.2, 0) is 6.54 Å². The van der Waals surface area contributed by atoms with E-state index in [1.807, 2.05) is 30.3 Å². The highest BCUT2D eigenvalue weighted by Crippen LogP contribution is 2.26. The maximum Gasteiger partial charge on any atom is 0.291 e. The fourth-order valence-corrected chi connectivity index (χ4v) is 3.00. The predicted molar refractivity (Wildman–Crippen MR) is 110 cm³/mol. The van der Waals surface area contributed by atoms with E-state index < -0.39 is 0 Å². The van der Waals surface area contributed by atoms with Gasteiger partial charge in [0.15, 0.2) is 17.2 Å². The monoisotopic (exact) mass is 442 g/mol. The van der Waals surface area contributed by atoms with Crippen molar-refractivity contribution in [3.05, 3.63) is 76.0 Å². The number of carbonyl (C=O) groups excluding carboxylic acids is 1. The van der Waals surface area contributed by atoms with E-state index in [0.29, 0.717) is 23.7 Å². The second-order valence-corrected chi connectivity index (χ2v) is 6.76. The van der Waals surface area contributed by atoms with Gasteiger partial charge in [0.05, 0.1) is 27.0 Å². The molecule has 0 saturated heterocycles. The van der Waals surface area contributed by atoms with E-state index in [4.69, 9.17) is 9.47 Å². The number of halogens is 1. The second-order valence-electron chi connectivity index (χ2n) is 5.84. The summed E-state index contributed by atoms with van der Waals surface area (Å²) in [5, 5.41) is 8.27. The summed E-state index contributed by atoms with van der Waals surface area (Å²) in [6.45, 7) is 0.571. The highest BCUT2D eigenvalue weighted by Gasteiger charge is 2.09. The van der Waals surface area contributed by atoms with Crippen molar-refractivity contribution in [3.63, 3.8) is 0 Å². The molecule has 2 aromatic carbocycles. The van der Waals surface area contributed by atoms with Gasteiger partial charge in [0, 0.05) is 10.7 Å². The minimum absolute atomic E-state index is 0.291.